The molecule has 0 spiro atoms. The third-order valence-electron chi connectivity index (χ3n) is 6.04. The van der Waals surface area contributed by atoms with Gasteiger partial charge in [-0.2, -0.15) is 0 Å². The van der Waals surface area contributed by atoms with Gasteiger partial charge in [0.1, 0.15) is 0 Å². The molecule has 1 amide bonds. The second-order valence-electron chi connectivity index (χ2n) is 7.87. The lowest BCUT2D eigenvalue weighted by molar-refractivity contribution is -0.120. The van der Waals surface area contributed by atoms with E-state index < -0.39 is 0 Å². The molecule has 2 saturated carbocycles. The molecule has 0 heterocycles. The van der Waals surface area contributed by atoms with E-state index in [-0.39, 0.29) is 5.91 Å². The maximum atomic E-state index is 13.5. The van der Waals surface area contributed by atoms with Crippen molar-refractivity contribution >= 4 is 28.9 Å². The number of nitrogens with zero attached hydrogens (tertiary/aromatic N) is 2. The van der Waals surface area contributed by atoms with Gasteiger partial charge in [0, 0.05) is 24.8 Å². The number of hydrogen-bond acceptors (Lipinski definition) is 2. The number of benzene rings is 1. The number of carbonyl (C=O) groups is 1. The van der Waals surface area contributed by atoms with E-state index in [4.69, 9.17) is 12.2 Å². The molecule has 3 rings (SSSR count). The number of amides is 1. The van der Waals surface area contributed by atoms with E-state index in [1.807, 2.05) is 25.2 Å². The molecule has 2 fully saturated rings. The van der Waals surface area contributed by atoms with Gasteiger partial charge in [-0.1, -0.05) is 56.7 Å². The lowest BCUT2D eigenvalue weighted by Crippen LogP contribution is -2.53. The Morgan fingerprint density at radius 2 is 1.52 bits per heavy atom. The van der Waals surface area contributed by atoms with Gasteiger partial charge in [0.2, 0.25) is 5.91 Å². The average Bonchev–Trinajstić information content (AvgIpc) is 2.74. The van der Waals surface area contributed by atoms with Gasteiger partial charge in [-0.15, -0.1) is 0 Å². The van der Waals surface area contributed by atoms with Crippen LogP contribution in [-0.4, -0.2) is 41.6 Å². The molecule has 1 N–H and O–H groups in total. The molecule has 0 aromatic heterocycles. The molecule has 0 atom stereocenters. The van der Waals surface area contributed by atoms with E-state index in [1.54, 1.807) is 0 Å². The second kappa shape index (κ2) is 10.1. The molecule has 0 saturated heterocycles. The Morgan fingerprint density at radius 1 is 0.963 bits per heavy atom. The molecule has 5 heteroatoms. The minimum atomic E-state index is 0.177. The molecule has 148 valence electrons. The number of thiocarbonyl (C=S) groups is 1. The van der Waals surface area contributed by atoms with Gasteiger partial charge in [-0.05, 0) is 50.0 Å². The molecule has 2 aliphatic carbocycles. The van der Waals surface area contributed by atoms with Gasteiger partial charge in [0.15, 0.2) is 5.11 Å². The van der Waals surface area contributed by atoms with Gasteiger partial charge in [-0.25, -0.2) is 0 Å². The maximum Gasteiger partial charge on any atom is 0.246 e. The van der Waals surface area contributed by atoms with Crippen LogP contribution in [0.4, 0.5) is 5.69 Å². The Bertz CT molecular complexity index is 609. The number of hydrogen-bond donors (Lipinski definition) is 1. The van der Waals surface area contributed by atoms with Crippen LogP contribution in [0.3, 0.4) is 0 Å². The summed E-state index contributed by atoms with van der Waals surface area (Å²) >= 11 is 5.58. The van der Waals surface area contributed by atoms with Crippen LogP contribution in [0, 0.1) is 0 Å². The van der Waals surface area contributed by atoms with Gasteiger partial charge in [0.25, 0.3) is 0 Å². The van der Waals surface area contributed by atoms with Crippen molar-refractivity contribution in [2.45, 2.75) is 76.3 Å². The summed E-state index contributed by atoms with van der Waals surface area (Å²) in [6, 6.07) is 10.9. The first-order valence-electron chi connectivity index (χ1n) is 10.6. The molecule has 27 heavy (non-hydrogen) atoms. The predicted octanol–water partition coefficient (Wildman–Crippen LogP) is 4.49. The molecule has 0 unspecified atom stereocenters. The second-order valence-corrected chi connectivity index (χ2v) is 8.25. The van der Waals surface area contributed by atoms with Crippen molar-refractivity contribution < 1.29 is 4.79 Å². The van der Waals surface area contributed by atoms with Crippen LogP contribution in [0.2, 0.25) is 0 Å². The van der Waals surface area contributed by atoms with Gasteiger partial charge < -0.3 is 15.1 Å². The normalized spacial score (nSPS) is 18.7. The molecule has 0 radical (unpaired) electrons. The van der Waals surface area contributed by atoms with Crippen molar-refractivity contribution in [1.29, 1.82) is 0 Å². The maximum absolute atomic E-state index is 13.5. The van der Waals surface area contributed by atoms with E-state index in [0.717, 1.165) is 31.4 Å². The summed E-state index contributed by atoms with van der Waals surface area (Å²) in [6.07, 6.45) is 11.9. The first-order valence-corrected chi connectivity index (χ1v) is 11.0. The van der Waals surface area contributed by atoms with Crippen molar-refractivity contribution in [2.24, 2.45) is 0 Å². The summed E-state index contributed by atoms with van der Waals surface area (Å²) in [5.41, 5.74) is 1.02. The fourth-order valence-electron chi connectivity index (χ4n) is 4.61. The number of rotatable bonds is 5. The standard InChI is InChI=1S/C22H33N3OS/c1-23-22(27)24(18-11-5-2-6-12-18)17-21(26)25(19-13-7-3-8-14-19)20-15-9-4-10-16-20/h3,7-8,13-14,18,20H,2,4-6,9-12,15-17H2,1H3,(H,23,27). The van der Waals surface area contributed by atoms with Crippen molar-refractivity contribution in [3.05, 3.63) is 30.3 Å². The van der Waals surface area contributed by atoms with Crippen LogP contribution in [0.25, 0.3) is 0 Å². The summed E-state index contributed by atoms with van der Waals surface area (Å²) < 4.78 is 0. The van der Waals surface area contributed by atoms with Crippen LogP contribution in [0.1, 0.15) is 64.2 Å². The highest BCUT2D eigenvalue weighted by Crippen LogP contribution is 2.28. The van der Waals surface area contributed by atoms with Gasteiger partial charge >= 0.3 is 0 Å². The number of para-hydroxylation sites is 1. The lowest BCUT2D eigenvalue weighted by Gasteiger charge is -2.39. The van der Waals surface area contributed by atoms with Crippen LogP contribution < -0.4 is 10.2 Å². The number of anilines is 1. The van der Waals surface area contributed by atoms with Gasteiger partial charge in [0.05, 0.1) is 6.54 Å². The predicted molar refractivity (Wildman–Crippen MR) is 116 cm³/mol. The number of nitrogens with one attached hydrogen (secondary N) is 1. The molecule has 2 aliphatic rings. The number of carbonyl (C=O) groups excluding carboxylic acids is 1. The first-order chi connectivity index (χ1) is 13.2. The fourth-order valence-corrected chi connectivity index (χ4v) is 4.82. The van der Waals surface area contributed by atoms with Crippen LogP contribution in [-0.2, 0) is 4.79 Å². The topological polar surface area (TPSA) is 35.6 Å². The highest BCUT2D eigenvalue weighted by molar-refractivity contribution is 7.80. The largest absolute Gasteiger partial charge is 0.366 e. The third-order valence-corrected chi connectivity index (χ3v) is 6.48. The zero-order valence-electron chi connectivity index (χ0n) is 16.5. The Balaban J connectivity index is 1.79. The quantitative estimate of drug-likeness (QED) is 0.755. The Hall–Kier alpha value is -1.62. The van der Waals surface area contributed by atoms with E-state index >= 15 is 0 Å². The highest BCUT2D eigenvalue weighted by atomic mass is 32.1. The Morgan fingerprint density at radius 3 is 2.07 bits per heavy atom. The van der Waals surface area contributed by atoms with Crippen molar-refractivity contribution in [2.75, 3.05) is 18.5 Å². The minimum absolute atomic E-state index is 0.177. The van der Waals surface area contributed by atoms with Crippen molar-refractivity contribution in [3.8, 4) is 0 Å². The molecule has 0 aliphatic heterocycles. The molecule has 1 aromatic rings. The molecule has 1 aromatic carbocycles. The van der Waals surface area contributed by atoms with Gasteiger partial charge in [-0.3, -0.25) is 4.79 Å². The lowest BCUT2D eigenvalue weighted by atomic mass is 9.93. The Kier molecular flexibility index (Phi) is 7.50. The summed E-state index contributed by atoms with van der Waals surface area (Å²) in [6.45, 7) is 0.371. The third kappa shape index (κ3) is 5.22. The summed E-state index contributed by atoms with van der Waals surface area (Å²) in [7, 11) is 1.86. The summed E-state index contributed by atoms with van der Waals surface area (Å²) in [4.78, 5) is 17.7. The zero-order chi connectivity index (χ0) is 19.1. The van der Waals surface area contributed by atoms with Crippen LogP contribution >= 0.6 is 12.2 Å². The van der Waals surface area contributed by atoms with E-state index in [0.29, 0.717) is 23.7 Å². The molecular formula is C22H33N3OS. The fraction of sp³-hybridized carbons (Fsp3) is 0.636. The molecule has 4 nitrogen and oxygen atoms in total. The molecule has 0 bridgehead atoms. The van der Waals surface area contributed by atoms with Crippen LogP contribution in [0.5, 0.6) is 0 Å². The summed E-state index contributed by atoms with van der Waals surface area (Å²) in [5, 5.41) is 3.81. The first kappa shape index (κ1) is 20.1. The van der Waals surface area contributed by atoms with Crippen LogP contribution in [0.15, 0.2) is 30.3 Å². The van der Waals surface area contributed by atoms with E-state index in [2.05, 4.69) is 27.2 Å². The minimum Gasteiger partial charge on any atom is -0.366 e. The Labute approximate surface area is 169 Å². The highest BCUT2D eigenvalue weighted by Gasteiger charge is 2.31. The summed E-state index contributed by atoms with van der Waals surface area (Å²) in [5.74, 6) is 0.177. The van der Waals surface area contributed by atoms with Crippen molar-refractivity contribution in [1.82, 2.24) is 10.2 Å². The SMILES string of the molecule is CNC(=S)N(CC(=O)N(c1ccccc1)C1CCCCC1)C1CCCCC1. The van der Waals surface area contributed by atoms with Crippen molar-refractivity contribution in [3.63, 3.8) is 0 Å². The van der Waals surface area contributed by atoms with E-state index in [1.165, 1.54) is 38.5 Å². The monoisotopic (exact) mass is 387 g/mol. The van der Waals surface area contributed by atoms with E-state index in [9.17, 15) is 4.79 Å². The zero-order valence-corrected chi connectivity index (χ0v) is 17.3. The molecular weight excluding hydrogens is 354 g/mol. The average molecular weight is 388 g/mol. The smallest absolute Gasteiger partial charge is 0.246 e.